The van der Waals surface area contributed by atoms with Crippen molar-refractivity contribution in [2.75, 3.05) is 26.2 Å². The predicted octanol–water partition coefficient (Wildman–Crippen LogP) is 4.52. The number of nitrogens with one attached hydrogen (secondary N) is 1. The van der Waals surface area contributed by atoms with Crippen LogP contribution in [0.2, 0.25) is 0 Å². The molecule has 0 aliphatic carbocycles. The van der Waals surface area contributed by atoms with E-state index < -0.39 is 11.6 Å². The van der Waals surface area contributed by atoms with Crippen molar-refractivity contribution in [2.45, 2.75) is 12.8 Å². The molecule has 1 aromatic heterocycles. The Bertz CT molecular complexity index is 1190. The van der Waals surface area contributed by atoms with E-state index in [1.54, 1.807) is 12.1 Å². The minimum Gasteiger partial charge on any atom is -0.494 e. The van der Waals surface area contributed by atoms with Gasteiger partial charge in [-0.25, -0.2) is 13.8 Å². The molecule has 3 heterocycles. The molecule has 0 spiro atoms. The topological polar surface area (TPSA) is 73.2 Å². The second-order valence-corrected chi connectivity index (χ2v) is 7.48. The monoisotopic (exact) mass is 446 g/mol. The molecule has 5 rings (SSSR count). The zero-order valence-corrected chi connectivity index (χ0v) is 17.4. The summed E-state index contributed by atoms with van der Waals surface area (Å²) in [6.45, 7) is 3.24. The van der Waals surface area contributed by atoms with Crippen LogP contribution in [-0.2, 0) is 4.84 Å². The third-order valence-corrected chi connectivity index (χ3v) is 5.50. The highest BCUT2D eigenvalue weighted by atomic mass is 35.5. The summed E-state index contributed by atoms with van der Waals surface area (Å²) in [7, 11) is 0. The summed E-state index contributed by atoms with van der Waals surface area (Å²) >= 11 is 0. The normalized spacial score (nSPS) is 17.1. The van der Waals surface area contributed by atoms with Crippen LogP contribution in [0.5, 0.6) is 5.88 Å². The highest BCUT2D eigenvalue weighted by Gasteiger charge is 2.30. The molecule has 0 amide bonds. The van der Waals surface area contributed by atoms with Gasteiger partial charge in [-0.3, -0.25) is 4.90 Å². The first kappa shape index (κ1) is 21.3. The number of hydrogen-bond acceptors (Lipinski definition) is 5. The summed E-state index contributed by atoms with van der Waals surface area (Å²) in [5.41, 5.74) is 2.47. The summed E-state index contributed by atoms with van der Waals surface area (Å²) in [5.74, 6) is -1.03. The van der Waals surface area contributed by atoms with Gasteiger partial charge in [-0.05, 0) is 62.3 Å². The summed E-state index contributed by atoms with van der Waals surface area (Å²) in [5, 5.41) is 15.2. The van der Waals surface area contributed by atoms with Gasteiger partial charge in [-0.15, -0.1) is 12.4 Å². The number of hydrogen-bond donors (Lipinski definition) is 2. The fraction of sp³-hybridized carbons (Fsp3) is 0.273. The van der Waals surface area contributed by atoms with E-state index in [2.05, 4.69) is 20.0 Å². The van der Waals surface area contributed by atoms with Gasteiger partial charge in [0, 0.05) is 23.0 Å². The highest BCUT2D eigenvalue weighted by molar-refractivity contribution is 6.58. The van der Waals surface area contributed by atoms with Crippen LogP contribution in [0, 0.1) is 11.6 Å². The number of fused-ring (bicyclic) bond motifs is 2. The first-order valence-corrected chi connectivity index (χ1v) is 9.92. The SMILES string of the molecule is Cl.Oc1[nH]c2ccc(F)cc2c1C1=Nc2ccc(F)cc2/C1=N\OCCN1CCCC1. The molecule has 2 aromatic carbocycles. The molecule has 1 fully saturated rings. The Balaban J connectivity index is 0.00000231. The summed E-state index contributed by atoms with van der Waals surface area (Å²) in [6.07, 6.45) is 2.38. The van der Waals surface area contributed by atoms with Crippen molar-refractivity contribution >= 4 is 40.4 Å². The lowest BCUT2D eigenvalue weighted by Gasteiger charge is -2.13. The molecule has 0 radical (unpaired) electrons. The number of halogens is 3. The maximum absolute atomic E-state index is 13.9. The molecule has 2 N–H and O–H groups in total. The Kier molecular flexibility index (Phi) is 5.93. The van der Waals surface area contributed by atoms with Gasteiger partial charge in [0.1, 0.15) is 29.7 Å². The molecule has 1 saturated heterocycles. The first-order chi connectivity index (χ1) is 14.6. The molecule has 0 atom stereocenters. The summed E-state index contributed by atoms with van der Waals surface area (Å²) < 4.78 is 27.8. The van der Waals surface area contributed by atoms with Crippen LogP contribution in [0.25, 0.3) is 10.9 Å². The molecule has 2 aliphatic rings. The quantitative estimate of drug-likeness (QED) is 0.447. The third-order valence-electron chi connectivity index (χ3n) is 5.50. The van der Waals surface area contributed by atoms with Crippen LogP contribution < -0.4 is 0 Å². The van der Waals surface area contributed by atoms with E-state index in [0.29, 0.717) is 45.7 Å². The van der Waals surface area contributed by atoms with Crippen LogP contribution in [0.15, 0.2) is 46.5 Å². The Morgan fingerprint density at radius 1 is 1.10 bits per heavy atom. The van der Waals surface area contributed by atoms with Gasteiger partial charge in [-0.2, -0.15) is 0 Å². The van der Waals surface area contributed by atoms with E-state index in [-0.39, 0.29) is 18.3 Å². The standard InChI is InChI=1S/C22H20F2N4O2.ClH/c23-13-3-5-17-15(11-13)19(22(29)26-17)21-20(16-12-14(24)4-6-18(16)25-21)27-30-10-9-28-7-1-2-8-28;/h3-6,11-12,26,29H,1-2,7-10H2;1H/b27-20+;. The number of aromatic amines is 1. The van der Waals surface area contributed by atoms with Gasteiger partial charge in [0.15, 0.2) is 5.88 Å². The van der Waals surface area contributed by atoms with Crippen molar-refractivity contribution in [3.63, 3.8) is 0 Å². The molecule has 9 heteroatoms. The largest absolute Gasteiger partial charge is 0.494 e. The van der Waals surface area contributed by atoms with Gasteiger partial charge < -0.3 is 14.9 Å². The maximum atomic E-state index is 13.9. The van der Waals surface area contributed by atoms with E-state index in [1.165, 1.54) is 37.1 Å². The molecular weight excluding hydrogens is 426 g/mol. The van der Waals surface area contributed by atoms with E-state index in [9.17, 15) is 13.9 Å². The van der Waals surface area contributed by atoms with Crippen LogP contribution in [0.1, 0.15) is 24.0 Å². The average Bonchev–Trinajstić information content (AvgIpc) is 3.42. The Morgan fingerprint density at radius 2 is 1.84 bits per heavy atom. The number of oxime groups is 1. The lowest BCUT2D eigenvalue weighted by atomic mass is 10.0. The van der Waals surface area contributed by atoms with E-state index >= 15 is 0 Å². The molecule has 6 nitrogen and oxygen atoms in total. The van der Waals surface area contributed by atoms with Gasteiger partial charge in [0.2, 0.25) is 0 Å². The maximum Gasteiger partial charge on any atom is 0.199 e. The van der Waals surface area contributed by atoms with Crippen molar-refractivity contribution < 1.29 is 18.7 Å². The van der Waals surface area contributed by atoms with E-state index in [4.69, 9.17) is 4.84 Å². The molecular formula is C22H21ClF2N4O2. The fourth-order valence-corrected chi connectivity index (χ4v) is 4.04. The minimum atomic E-state index is -0.440. The molecule has 2 aliphatic heterocycles. The van der Waals surface area contributed by atoms with Gasteiger partial charge >= 0.3 is 0 Å². The zero-order valence-electron chi connectivity index (χ0n) is 16.6. The number of H-pyrrole nitrogens is 1. The number of aromatic nitrogens is 1. The van der Waals surface area contributed by atoms with E-state index in [1.807, 2.05) is 0 Å². The lowest BCUT2D eigenvalue weighted by molar-refractivity contribution is 0.119. The van der Waals surface area contributed by atoms with Crippen molar-refractivity contribution in [2.24, 2.45) is 10.1 Å². The Labute approximate surface area is 183 Å². The summed E-state index contributed by atoms with van der Waals surface area (Å²) in [4.78, 5) is 15.2. The second kappa shape index (κ2) is 8.64. The van der Waals surface area contributed by atoms with Gasteiger partial charge in [-0.1, -0.05) is 5.16 Å². The molecule has 31 heavy (non-hydrogen) atoms. The van der Waals surface area contributed by atoms with Crippen LogP contribution >= 0.6 is 12.4 Å². The summed E-state index contributed by atoms with van der Waals surface area (Å²) in [6, 6.07) is 8.36. The molecule has 0 unspecified atom stereocenters. The van der Waals surface area contributed by atoms with Crippen molar-refractivity contribution in [3.05, 3.63) is 59.2 Å². The smallest absolute Gasteiger partial charge is 0.199 e. The molecule has 0 bridgehead atoms. The van der Waals surface area contributed by atoms with Crippen LogP contribution in [-0.4, -0.2) is 52.7 Å². The Hall–Kier alpha value is -2.97. The fourth-order valence-electron chi connectivity index (χ4n) is 4.04. The molecule has 3 aromatic rings. The molecule has 0 saturated carbocycles. The number of benzene rings is 2. The highest BCUT2D eigenvalue weighted by Crippen LogP contribution is 2.36. The van der Waals surface area contributed by atoms with Crippen molar-refractivity contribution in [3.8, 4) is 5.88 Å². The van der Waals surface area contributed by atoms with Gasteiger partial charge in [0.05, 0.1) is 11.3 Å². The van der Waals surface area contributed by atoms with Crippen LogP contribution in [0.4, 0.5) is 14.5 Å². The zero-order chi connectivity index (χ0) is 20.7. The second-order valence-electron chi connectivity index (χ2n) is 7.48. The number of likely N-dealkylation sites (tertiary alicyclic amines) is 1. The minimum absolute atomic E-state index is 0. The Morgan fingerprint density at radius 3 is 2.65 bits per heavy atom. The van der Waals surface area contributed by atoms with Crippen molar-refractivity contribution in [1.29, 1.82) is 0 Å². The lowest BCUT2D eigenvalue weighted by Crippen LogP contribution is -2.23. The first-order valence-electron chi connectivity index (χ1n) is 9.92. The number of nitrogens with zero attached hydrogens (tertiary/aromatic N) is 3. The number of aromatic hydroxyl groups is 1. The predicted molar refractivity (Wildman–Crippen MR) is 118 cm³/mol. The van der Waals surface area contributed by atoms with Crippen molar-refractivity contribution in [1.82, 2.24) is 9.88 Å². The molecule has 162 valence electrons. The van der Waals surface area contributed by atoms with Crippen LogP contribution in [0.3, 0.4) is 0 Å². The number of aliphatic imine (C=N–C) groups is 1. The van der Waals surface area contributed by atoms with Gasteiger partial charge in [0.25, 0.3) is 0 Å². The van der Waals surface area contributed by atoms with E-state index in [0.717, 1.165) is 19.6 Å². The number of rotatable bonds is 5. The average molecular weight is 447 g/mol. The third kappa shape index (κ3) is 4.00.